The van der Waals surface area contributed by atoms with E-state index in [0.29, 0.717) is 22.9 Å². The van der Waals surface area contributed by atoms with Gasteiger partial charge in [-0.05, 0) is 30.3 Å². The zero-order chi connectivity index (χ0) is 13.7. The molecule has 98 valence electrons. The Morgan fingerprint density at radius 3 is 2.79 bits per heavy atom. The van der Waals surface area contributed by atoms with Crippen molar-refractivity contribution in [3.63, 3.8) is 0 Å². The molecule has 0 fully saturated rings. The number of pyridine rings is 1. The van der Waals surface area contributed by atoms with Gasteiger partial charge in [0.1, 0.15) is 10.7 Å². The number of nitrogens with zero attached hydrogens (tertiary/aromatic N) is 1. The lowest BCUT2D eigenvalue weighted by molar-refractivity contribution is 0.320. The Hall–Kier alpha value is -1.65. The highest BCUT2D eigenvalue weighted by atomic mass is 35.5. The highest BCUT2D eigenvalue weighted by Crippen LogP contribution is 2.22. The molecule has 1 aromatic carbocycles. The van der Waals surface area contributed by atoms with Crippen molar-refractivity contribution in [3.05, 3.63) is 58.9 Å². The van der Waals surface area contributed by atoms with Crippen LogP contribution in [0.4, 0.5) is 0 Å². The second-order valence-electron chi connectivity index (χ2n) is 3.93. The van der Waals surface area contributed by atoms with Gasteiger partial charge in [0.15, 0.2) is 0 Å². The van der Waals surface area contributed by atoms with E-state index in [9.17, 15) is 0 Å². The van der Waals surface area contributed by atoms with E-state index in [4.69, 9.17) is 34.3 Å². The zero-order valence-electron chi connectivity index (χ0n) is 10.2. The van der Waals surface area contributed by atoms with E-state index in [-0.39, 0.29) is 4.99 Å². The average molecular weight is 293 g/mol. The van der Waals surface area contributed by atoms with Gasteiger partial charge in [-0.1, -0.05) is 29.9 Å². The van der Waals surface area contributed by atoms with Crippen molar-refractivity contribution in [2.24, 2.45) is 5.73 Å². The Morgan fingerprint density at radius 2 is 2.16 bits per heavy atom. The van der Waals surface area contributed by atoms with E-state index in [0.717, 1.165) is 12.1 Å². The van der Waals surface area contributed by atoms with Crippen molar-refractivity contribution >= 4 is 28.8 Å². The summed E-state index contributed by atoms with van der Waals surface area (Å²) >= 11 is 10.9. The zero-order valence-corrected chi connectivity index (χ0v) is 11.7. The third-order valence-corrected chi connectivity index (χ3v) is 3.09. The van der Waals surface area contributed by atoms with Gasteiger partial charge in [-0.3, -0.25) is 4.98 Å². The summed E-state index contributed by atoms with van der Waals surface area (Å²) in [6, 6.07) is 11.1. The fourth-order valence-electron chi connectivity index (χ4n) is 1.60. The Bertz CT molecular complexity index is 575. The molecule has 0 amide bonds. The van der Waals surface area contributed by atoms with Gasteiger partial charge in [-0.25, -0.2) is 0 Å². The minimum absolute atomic E-state index is 0.282. The summed E-state index contributed by atoms with van der Waals surface area (Å²) < 4.78 is 5.62. The minimum Gasteiger partial charge on any atom is -0.493 e. The first-order valence-electron chi connectivity index (χ1n) is 5.79. The van der Waals surface area contributed by atoms with Gasteiger partial charge < -0.3 is 10.5 Å². The van der Waals surface area contributed by atoms with Crippen LogP contribution in [0.25, 0.3) is 0 Å². The summed E-state index contributed by atoms with van der Waals surface area (Å²) in [5.41, 5.74) is 7.19. The van der Waals surface area contributed by atoms with Crippen LogP contribution in [0, 0.1) is 0 Å². The maximum Gasteiger partial charge on any atom is 0.120 e. The topological polar surface area (TPSA) is 48.1 Å². The van der Waals surface area contributed by atoms with Crippen LogP contribution in [0.15, 0.2) is 42.6 Å². The van der Waals surface area contributed by atoms with Crippen molar-refractivity contribution in [3.8, 4) is 5.75 Å². The van der Waals surface area contributed by atoms with Crippen molar-refractivity contribution in [1.82, 2.24) is 4.98 Å². The second kappa shape index (κ2) is 6.50. The second-order valence-corrected chi connectivity index (χ2v) is 4.77. The number of thiocarbonyl (C=S) groups is 1. The van der Waals surface area contributed by atoms with E-state index >= 15 is 0 Å². The Morgan fingerprint density at radius 1 is 1.32 bits per heavy atom. The molecule has 0 spiro atoms. The molecular weight excluding hydrogens is 280 g/mol. The molecule has 0 aliphatic rings. The predicted octanol–water partition coefficient (Wildman–Crippen LogP) is 2.99. The van der Waals surface area contributed by atoms with E-state index in [1.165, 1.54) is 0 Å². The van der Waals surface area contributed by atoms with Crippen LogP contribution in [0.1, 0.15) is 11.3 Å². The van der Waals surface area contributed by atoms with Crippen molar-refractivity contribution < 1.29 is 4.74 Å². The molecule has 0 saturated carbocycles. The lowest BCUT2D eigenvalue weighted by Gasteiger charge is -2.08. The largest absolute Gasteiger partial charge is 0.493 e. The molecule has 1 aromatic heterocycles. The summed E-state index contributed by atoms with van der Waals surface area (Å²) in [6.07, 6.45) is 2.51. The molecule has 0 unspecified atom stereocenters. The molecule has 0 bridgehead atoms. The number of nitrogens with two attached hydrogens (primary N) is 1. The van der Waals surface area contributed by atoms with E-state index in [1.54, 1.807) is 24.4 Å². The maximum atomic E-state index is 6.06. The van der Waals surface area contributed by atoms with Gasteiger partial charge >= 0.3 is 0 Å². The van der Waals surface area contributed by atoms with E-state index in [2.05, 4.69) is 4.98 Å². The van der Waals surface area contributed by atoms with Crippen LogP contribution < -0.4 is 10.5 Å². The fourth-order valence-corrected chi connectivity index (χ4v) is 2.11. The SMILES string of the molecule is NC(=S)c1ccc(OCCc2ccccn2)cc1Cl. The van der Waals surface area contributed by atoms with Crippen molar-refractivity contribution in [2.75, 3.05) is 6.61 Å². The lowest BCUT2D eigenvalue weighted by Crippen LogP contribution is -2.10. The van der Waals surface area contributed by atoms with Gasteiger partial charge in [0.05, 0.1) is 11.6 Å². The normalized spacial score (nSPS) is 10.2. The van der Waals surface area contributed by atoms with Crippen LogP contribution in [0.3, 0.4) is 0 Å². The number of hydrogen-bond acceptors (Lipinski definition) is 3. The molecule has 0 atom stereocenters. The number of halogens is 1. The van der Waals surface area contributed by atoms with Gasteiger partial charge in [-0.2, -0.15) is 0 Å². The molecule has 2 rings (SSSR count). The number of rotatable bonds is 5. The van der Waals surface area contributed by atoms with E-state index < -0.39 is 0 Å². The molecule has 0 aliphatic heterocycles. The van der Waals surface area contributed by atoms with Gasteiger partial charge in [0.2, 0.25) is 0 Å². The van der Waals surface area contributed by atoms with Crippen molar-refractivity contribution in [2.45, 2.75) is 6.42 Å². The molecule has 1 heterocycles. The van der Waals surface area contributed by atoms with E-state index in [1.807, 2.05) is 18.2 Å². The number of hydrogen-bond donors (Lipinski definition) is 1. The third kappa shape index (κ3) is 3.91. The highest BCUT2D eigenvalue weighted by molar-refractivity contribution is 7.80. The number of aromatic nitrogens is 1. The Kier molecular flexibility index (Phi) is 4.71. The van der Waals surface area contributed by atoms with Crippen LogP contribution in [0.5, 0.6) is 5.75 Å². The summed E-state index contributed by atoms with van der Waals surface area (Å²) in [7, 11) is 0. The Labute approximate surface area is 122 Å². The first-order valence-corrected chi connectivity index (χ1v) is 6.57. The quantitative estimate of drug-likeness (QED) is 0.861. The Balaban J connectivity index is 1.93. The van der Waals surface area contributed by atoms with Gasteiger partial charge in [0.25, 0.3) is 0 Å². The monoisotopic (exact) mass is 292 g/mol. The molecule has 3 nitrogen and oxygen atoms in total. The van der Waals surface area contributed by atoms with Crippen LogP contribution in [0.2, 0.25) is 5.02 Å². The lowest BCUT2D eigenvalue weighted by atomic mass is 10.2. The molecule has 5 heteroatoms. The summed E-state index contributed by atoms with van der Waals surface area (Å²) in [5, 5.41) is 0.503. The summed E-state index contributed by atoms with van der Waals surface area (Å²) in [4.78, 5) is 4.51. The molecule has 0 radical (unpaired) electrons. The summed E-state index contributed by atoms with van der Waals surface area (Å²) in [6.45, 7) is 0.541. The van der Waals surface area contributed by atoms with Crippen LogP contribution in [-0.4, -0.2) is 16.6 Å². The first-order chi connectivity index (χ1) is 9.16. The molecular formula is C14H13ClN2OS. The average Bonchev–Trinajstić information content (AvgIpc) is 2.39. The number of ether oxygens (including phenoxy) is 1. The van der Waals surface area contributed by atoms with Gasteiger partial charge in [-0.15, -0.1) is 0 Å². The number of benzene rings is 1. The standard InChI is InChI=1S/C14H13ClN2OS/c15-13-9-11(4-5-12(13)14(16)19)18-8-6-10-3-1-2-7-17-10/h1-5,7,9H,6,8H2,(H2,16,19). The minimum atomic E-state index is 0.282. The highest BCUT2D eigenvalue weighted by Gasteiger charge is 2.05. The van der Waals surface area contributed by atoms with Crippen LogP contribution in [-0.2, 0) is 6.42 Å². The molecule has 19 heavy (non-hydrogen) atoms. The molecule has 2 N–H and O–H groups in total. The maximum absolute atomic E-state index is 6.06. The van der Waals surface area contributed by atoms with Gasteiger partial charge in [0, 0.05) is 23.9 Å². The molecule has 2 aromatic rings. The smallest absolute Gasteiger partial charge is 0.120 e. The van der Waals surface area contributed by atoms with Crippen LogP contribution >= 0.6 is 23.8 Å². The van der Waals surface area contributed by atoms with Crippen molar-refractivity contribution in [1.29, 1.82) is 0 Å². The predicted molar refractivity (Wildman–Crippen MR) is 80.8 cm³/mol. The summed E-state index contributed by atoms with van der Waals surface area (Å²) in [5.74, 6) is 0.695. The molecule has 0 aliphatic carbocycles. The first kappa shape index (κ1) is 13.8. The third-order valence-electron chi connectivity index (χ3n) is 2.56. The fraction of sp³-hybridized carbons (Fsp3) is 0.143. The molecule has 0 saturated heterocycles.